The van der Waals surface area contributed by atoms with E-state index in [-0.39, 0.29) is 31.2 Å². The Bertz CT molecular complexity index is 925. The molecule has 4 atom stereocenters. The van der Waals surface area contributed by atoms with Gasteiger partial charge < -0.3 is 10.5 Å². The van der Waals surface area contributed by atoms with Crippen LogP contribution in [0.3, 0.4) is 0 Å². The van der Waals surface area contributed by atoms with E-state index in [9.17, 15) is 9.18 Å². The van der Waals surface area contributed by atoms with Gasteiger partial charge in [-0.05, 0) is 80.9 Å². The van der Waals surface area contributed by atoms with Crippen LogP contribution in [-0.4, -0.2) is 12.1 Å². The molecule has 0 unspecified atom stereocenters. The Morgan fingerprint density at radius 1 is 1.18 bits per heavy atom. The van der Waals surface area contributed by atoms with Gasteiger partial charge in [0.15, 0.2) is 0 Å². The lowest BCUT2D eigenvalue weighted by atomic mass is 9.81. The van der Waals surface area contributed by atoms with Crippen LogP contribution < -0.4 is 5.73 Å². The first kappa shape index (κ1) is 37.1. The molecule has 0 saturated carbocycles. The monoisotopic (exact) mass is 525 g/mol. The lowest BCUT2D eigenvalue weighted by molar-refractivity contribution is -0.144. The van der Waals surface area contributed by atoms with Gasteiger partial charge in [0.25, 0.3) is 0 Å². The molecule has 2 rings (SSSR count). The van der Waals surface area contributed by atoms with Crippen molar-refractivity contribution in [3.8, 4) is 12.8 Å². The van der Waals surface area contributed by atoms with Crippen molar-refractivity contribution in [3.05, 3.63) is 77.8 Å². The van der Waals surface area contributed by atoms with E-state index in [0.29, 0.717) is 17.5 Å². The maximum absolute atomic E-state index is 13.3. The number of terminal acetylenes is 1. The number of carbonyl (C=O) groups excluding carboxylic acids is 1. The summed E-state index contributed by atoms with van der Waals surface area (Å²) in [6, 6.07) is 6.53. The number of rotatable bonds is 12. The predicted octanol–water partition coefficient (Wildman–Crippen LogP) is 9.27. The Morgan fingerprint density at radius 3 is 2.50 bits per heavy atom. The number of ether oxygens (including phenoxy) is 1. The van der Waals surface area contributed by atoms with E-state index in [1.54, 1.807) is 6.07 Å². The average molecular weight is 526 g/mol. The summed E-state index contributed by atoms with van der Waals surface area (Å²) in [6.45, 7) is 12.4. The SMILES string of the molecule is C.C#C.CC.CC[C@@H]1[C@@H](C)OC(=O)[C@@H]1C[C@@H](C)CCCC\C=C/C=C/C(N)=C/C=C(\C)c1cccc(F)c1. The highest BCUT2D eigenvalue weighted by Gasteiger charge is 2.41. The van der Waals surface area contributed by atoms with Gasteiger partial charge in [-0.3, -0.25) is 4.79 Å². The van der Waals surface area contributed by atoms with Crippen molar-refractivity contribution in [2.45, 2.75) is 93.6 Å². The van der Waals surface area contributed by atoms with Gasteiger partial charge in [0.05, 0.1) is 5.92 Å². The molecule has 1 fully saturated rings. The van der Waals surface area contributed by atoms with Crippen LogP contribution in [0.15, 0.2) is 66.4 Å². The third-order valence-corrected chi connectivity index (χ3v) is 6.51. The van der Waals surface area contributed by atoms with Crippen LogP contribution in [0, 0.1) is 36.4 Å². The second-order valence-corrected chi connectivity index (χ2v) is 9.26. The van der Waals surface area contributed by atoms with Gasteiger partial charge in [-0.2, -0.15) is 0 Å². The van der Waals surface area contributed by atoms with Gasteiger partial charge in [0.1, 0.15) is 11.9 Å². The molecule has 1 aromatic carbocycles. The van der Waals surface area contributed by atoms with Gasteiger partial charge >= 0.3 is 5.97 Å². The quantitative estimate of drug-likeness (QED) is 0.128. The van der Waals surface area contributed by atoms with Gasteiger partial charge in [-0.1, -0.05) is 84.4 Å². The van der Waals surface area contributed by atoms with Crippen LogP contribution in [0.5, 0.6) is 0 Å². The lowest BCUT2D eigenvalue weighted by Crippen LogP contribution is -2.20. The van der Waals surface area contributed by atoms with Crippen molar-refractivity contribution >= 4 is 11.5 Å². The standard InChI is InChI=1S/C29H40FNO2.C2H6.C2H2.CH4/c1-5-27-23(4)33-29(32)28(27)19-21(2)13-10-8-6-7-9-11-16-26(31)18-17-22(3)24-14-12-15-25(30)20-24;2*1-2;/h7,9,11-12,14-18,20-21,23,27-28H,5-6,8,10,13,19,31H2,1-4H3;1-2H3;1-2H;1H4/b9-7-,16-11+,22-17+,26-18-;;;/t21-,23+,27+,28+;;;/m0.../s1. The number of hydrogen-bond donors (Lipinski definition) is 1. The molecule has 0 radical (unpaired) electrons. The molecule has 0 amide bonds. The fourth-order valence-corrected chi connectivity index (χ4v) is 4.50. The zero-order chi connectivity index (χ0) is 28.2. The van der Waals surface area contributed by atoms with Gasteiger partial charge in [0, 0.05) is 11.6 Å². The van der Waals surface area contributed by atoms with Crippen molar-refractivity contribution in [3.63, 3.8) is 0 Å². The van der Waals surface area contributed by atoms with Crippen molar-refractivity contribution in [2.75, 3.05) is 0 Å². The first-order chi connectivity index (χ1) is 17.8. The maximum atomic E-state index is 13.3. The Morgan fingerprint density at radius 2 is 1.87 bits per heavy atom. The second-order valence-electron chi connectivity index (χ2n) is 9.26. The molecule has 1 aromatic rings. The molecule has 0 aromatic heterocycles. The number of allylic oxidation sites excluding steroid dienone is 7. The summed E-state index contributed by atoms with van der Waals surface area (Å²) < 4.78 is 18.8. The Balaban J connectivity index is 0. The minimum atomic E-state index is -0.241. The average Bonchev–Trinajstić information content (AvgIpc) is 3.17. The third-order valence-electron chi connectivity index (χ3n) is 6.51. The Hall–Kier alpha value is -3.06. The zero-order valence-electron chi connectivity index (χ0n) is 23.8. The molecular formula is C34H52FNO2. The van der Waals surface area contributed by atoms with Crippen molar-refractivity contribution < 1.29 is 13.9 Å². The van der Waals surface area contributed by atoms with Gasteiger partial charge in [0.2, 0.25) is 0 Å². The van der Waals surface area contributed by atoms with Gasteiger partial charge in [-0.15, -0.1) is 12.8 Å². The molecule has 38 heavy (non-hydrogen) atoms. The summed E-state index contributed by atoms with van der Waals surface area (Å²) in [7, 11) is 0. The lowest BCUT2D eigenvalue weighted by Gasteiger charge is -2.19. The number of halogens is 1. The van der Waals surface area contributed by atoms with Crippen molar-refractivity contribution in [2.24, 2.45) is 23.5 Å². The zero-order valence-corrected chi connectivity index (χ0v) is 23.8. The van der Waals surface area contributed by atoms with E-state index in [0.717, 1.165) is 49.7 Å². The van der Waals surface area contributed by atoms with E-state index >= 15 is 0 Å². The first-order valence-corrected chi connectivity index (χ1v) is 13.6. The highest BCUT2D eigenvalue weighted by Crippen LogP contribution is 2.36. The van der Waals surface area contributed by atoms with Crippen LogP contribution >= 0.6 is 0 Å². The molecule has 0 spiro atoms. The highest BCUT2D eigenvalue weighted by molar-refractivity contribution is 5.75. The number of benzene rings is 1. The minimum Gasteiger partial charge on any atom is -0.462 e. The second kappa shape index (κ2) is 22.0. The van der Waals surface area contributed by atoms with Crippen LogP contribution in [0.25, 0.3) is 5.57 Å². The summed E-state index contributed by atoms with van der Waals surface area (Å²) >= 11 is 0. The molecule has 2 N–H and O–H groups in total. The number of carbonyl (C=O) groups is 1. The predicted molar refractivity (Wildman–Crippen MR) is 164 cm³/mol. The fourth-order valence-electron chi connectivity index (χ4n) is 4.50. The van der Waals surface area contributed by atoms with Crippen LogP contribution in [0.4, 0.5) is 4.39 Å². The van der Waals surface area contributed by atoms with E-state index < -0.39 is 0 Å². The molecule has 4 heteroatoms. The minimum absolute atomic E-state index is 0. The number of hydrogen-bond acceptors (Lipinski definition) is 3. The first-order valence-electron chi connectivity index (χ1n) is 13.6. The molecule has 1 aliphatic heterocycles. The van der Waals surface area contributed by atoms with E-state index in [2.05, 4.69) is 32.8 Å². The topological polar surface area (TPSA) is 52.3 Å². The number of esters is 1. The van der Waals surface area contributed by atoms with Crippen molar-refractivity contribution in [1.82, 2.24) is 0 Å². The summed E-state index contributed by atoms with van der Waals surface area (Å²) in [5, 5.41) is 0. The van der Waals surface area contributed by atoms with Crippen LogP contribution in [0.1, 0.15) is 93.1 Å². The summed E-state index contributed by atoms with van der Waals surface area (Å²) in [6.07, 6.45) is 26.2. The molecule has 1 aliphatic rings. The van der Waals surface area contributed by atoms with Gasteiger partial charge in [-0.25, -0.2) is 4.39 Å². The van der Waals surface area contributed by atoms with E-state index in [1.807, 2.05) is 64.1 Å². The number of cyclic esters (lactones) is 1. The molecule has 1 saturated heterocycles. The molecular weight excluding hydrogens is 473 g/mol. The molecule has 0 bridgehead atoms. The fraction of sp³-hybridized carbons (Fsp3) is 0.500. The molecule has 0 aliphatic carbocycles. The Labute approximate surface area is 233 Å². The van der Waals surface area contributed by atoms with Crippen molar-refractivity contribution in [1.29, 1.82) is 0 Å². The largest absolute Gasteiger partial charge is 0.462 e. The Kier molecular flexibility index (Phi) is 21.4. The normalized spacial score (nSPS) is 20.1. The number of nitrogens with two attached hydrogens (primary N) is 1. The third kappa shape index (κ3) is 14.0. The van der Waals surface area contributed by atoms with Crippen LogP contribution in [-0.2, 0) is 9.53 Å². The summed E-state index contributed by atoms with van der Waals surface area (Å²) in [5.41, 5.74) is 8.47. The van der Waals surface area contributed by atoms with Crippen LogP contribution in [0.2, 0.25) is 0 Å². The number of unbranched alkanes of at least 4 members (excludes halogenated alkanes) is 2. The summed E-state index contributed by atoms with van der Waals surface area (Å²) in [4.78, 5) is 12.1. The smallest absolute Gasteiger partial charge is 0.309 e. The maximum Gasteiger partial charge on any atom is 0.309 e. The van der Waals surface area contributed by atoms with E-state index in [4.69, 9.17) is 10.5 Å². The summed E-state index contributed by atoms with van der Waals surface area (Å²) in [5.74, 6) is 0.756. The van der Waals surface area contributed by atoms with E-state index in [1.165, 1.54) is 12.1 Å². The molecule has 3 nitrogen and oxygen atoms in total. The molecule has 1 heterocycles. The highest BCUT2D eigenvalue weighted by atomic mass is 19.1. The molecule has 212 valence electrons.